The highest BCUT2D eigenvalue weighted by Gasteiger charge is 2.21. The third-order valence-electron chi connectivity index (χ3n) is 5.87. The molecular weight excluding hydrogens is 434 g/mol. The van der Waals surface area contributed by atoms with E-state index in [0.29, 0.717) is 34.5 Å². The van der Waals surface area contributed by atoms with Crippen molar-refractivity contribution in [3.05, 3.63) is 77.1 Å². The van der Waals surface area contributed by atoms with E-state index in [-0.39, 0.29) is 17.4 Å². The van der Waals surface area contributed by atoms with Crippen LogP contribution in [-0.2, 0) is 0 Å². The van der Waals surface area contributed by atoms with Crippen LogP contribution in [0.3, 0.4) is 0 Å². The second-order valence-electron chi connectivity index (χ2n) is 8.19. The molecule has 1 saturated heterocycles. The smallest absolute Gasteiger partial charge is 0.384 e. The number of piperazine rings is 1. The van der Waals surface area contributed by atoms with Crippen molar-refractivity contribution < 1.29 is 10.0 Å². The number of rotatable bonds is 4. The molecule has 0 saturated carbocycles. The monoisotopic (exact) mass is 457 g/mol. The lowest BCUT2D eigenvalue weighted by atomic mass is 10.0. The van der Waals surface area contributed by atoms with Crippen LogP contribution in [0.1, 0.15) is 10.4 Å². The van der Waals surface area contributed by atoms with Crippen LogP contribution in [0.4, 0.5) is 11.5 Å². The molecule has 1 aromatic carbocycles. The fraction of sp³-hybridized carbons (Fsp3) is 0.208. The number of carbonyl (C=O) groups is 1. The number of benzene rings is 1. The first kappa shape index (κ1) is 21.5. The van der Waals surface area contributed by atoms with E-state index in [4.69, 9.17) is 0 Å². The summed E-state index contributed by atoms with van der Waals surface area (Å²) in [7, 11) is 2.05. The Morgan fingerprint density at radius 2 is 1.85 bits per heavy atom. The molecule has 0 aliphatic carbocycles. The number of aromatic nitrogens is 4. The molecule has 1 amide bonds. The molecule has 10 nitrogen and oxygen atoms in total. The number of likely N-dealkylation sites (N-methyl/N-ethyl adjacent to an activating group) is 1. The molecule has 0 bridgehead atoms. The molecule has 0 unspecified atom stereocenters. The van der Waals surface area contributed by atoms with Crippen LogP contribution in [0.5, 0.6) is 0 Å². The largest absolute Gasteiger partial charge is 0.422 e. The Morgan fingerprint density at radius 1 is 1.03 bits per heavy atom. The van der Waals surface area contributed by atoms with Gasteiger partial charge in [0.2, 0.25) is 0 Å². The fourth-order valence-electron chi connectivity index (χ4n) is 3.96. The number of pyridine rings is 2. The number of carbonyl (C=O) groups excluding carboxylic acids is 1. The predicted octanol–water partition coefficient (Wildman–Crippen LogP) is 2.22. The third kappa shape index (κ3) is 4.18. The van der Waals surface area contributed by atoms with Gasteiger partial charge in [0.05, 0.1) is 10.9 Å². The Kier molecular flexibility index (Phi) is 5.64. The fourth-order valence-corrected chi connectivity index (χ4v) is 3.96. The molecule has 0 atom stereocenters. The van der Waals surface area contributed by atoms with Gasteiger partial charge >= 0.3 is 5.69 Å². The summed E-state index contributed by atoms with van der Waals surface area (Å²) < 4.78 is 0.422. The van der Waals surface area contributed by atoms with Crippen molar-refractivity contribution in [2.75, 3.05) is 38.5 Å². The maximum absolute atomic E-state index is 13.0. The van der Waals surface area contributed by atoms with Gasteiger partial charge in [-0.25, -0.2) is 9.78 Å². The van der Waals surface area contributed by atoms with Crippen molar-refractivity contribution in [2.45, 2.75) is 0 Å². The average Bonchev–Trinajstić information content (AvgIpc) is 2.87. The first-order valence-electron chi connectivity index (χ1n) is 10.9. The van der Waals surface area contributed by atoms with E-state index in [1.54, 1.807) is 24.5 Å². The third-order valence-corrected chi connectivity index (χ3v) is 5.87. The first-order chi connectivity index (χ1) is 16.5. The molecule has 4 heterocycles. The van der Waals surface area contributed by atoms with E-state index in [1.807, 2.05) is 35.2 Å². The number of hydrogen-bond acceptors (Lipinski definition) is 8. The van der Waals surface area contributed by atoms with E-state index >= 15 is 0 Å². The summed E-state index contributed by atoms with van der Waals surface area (Å²) in [6.45, 7) is 3.10. The molecule has 2 N–H and O–H groups in total. The second kappa shape index (κ2) is 8.91. The van der Waals surface area contributed by atoms with Crippen LogP contribution in [0.15, 0.2) is 65.8 Å². The van der Waals surface area contributed by atoms with Crippen LogP contribution in [0.25, 0.3) is 22.2 Å². The highest BCUT2D eigenvalue weighted by Crippen LogP contribution is 2.26. The number of nitrogens with one attached hydrogen (secondary N) is 1. The van der Waals surface area contributed by atoms with Gasteiger partial charge in [-0.15, -0.1) is 4.73 Å². The van der Waals surface area contributed by atoms with E-state index in [0.717, 1.165) is 24.2 Å². The lowest BCUT2D eigenvalue weighted by Gasteiger charge is -2.32. The summed E-state index contributed by atoms with van der Waals surface area (Å²) in [6, 6.07) is 12.8. The van der Waals surface area contributed by atoms with Crippen LogP contribution in [0, 0.1) is 0 Å². The molecule has 34 heavy (non-hydrogen) atoms. The zero-order valence-electron chi connectivity index (χ0n) is 18.5. The van der Waals surface area contributed by atoms with Gasteiger partial charge in [0.25, 0.3) is 5.91 Å². The SMILES string of the molecule is CN1CCN(C(=O)c2cncc(-c3cccc(Nc4nc(=O)n(O)c5ncccc45)c3)c2)CC1. The molecular formula is C24H23N7O3. The summed E-state index contributed by atoms with van der Waals surface area (Å²) in [5.41, 5.74) is 2.16. The molecule has 5 rings (SSSR count). The van der Waals surface area contributed by atoms with Crippen molar-refractivity contribution in [3.63, 3.8) is 0 Å². The van der Waals surface area contributed by atoms with E-state index < -0.39 is 5.69 Å². The van der Waals surface area contributed by atoms with Crippen molar-refractivity contribution >= 4 is 28.4 Å². The summed E-state index contributed by atoms with van der Waals surface area (Å²) >= 11 is 0. The summed E-state index contributed by atoms with van der Waals surface area (Å²) in [4.78, 5) is 41.4. The minimum atomic E-state index is -0.829. The molecule has 10 heteroatoms. The lowest BCUT2D eigenvalue weighted by Crippen LogP contribution is -2.47. The normalized spacial score (nSPS) is 14.3. The van der Waals surface area contributed by atoms with Crippen molar-refractivity contribution in [2.24, 2.45) is 0 Å². The van der Waals surface area contributed by atoms with Crippen LogP contribution in [0.2, 0.25) is 0 Å². The second-order valence-corrected chi connectivity index (χ2v) is 8.19. The Hall–Kier alpha value is -4.31. The van der Waals surface area contributed by atoms with Crippen molar-refractivity contribution in [3.8, 4) is 11.1 Å². The topological polar surface area (TPSA) is 116 Å². The van der Waals surface area contributed by atoms with Gasteiger partial charge in [0.1, 0.15) is 5.82 Å². The Labute approximate surface area is 195 Å². The van der Waals surface area contributed by atoms with Gasteiger partial charge < -0.3 is 20.3 Å². The van der Waals surface area contributed by atoms with E-state index in [9.17, 15) is 14.8 Å². The van der Waals surface area contributed by atoms with Gasteiger partial charge in [-0.05, 0) is 42.9 Å². The van der Waals surface area contributed by atoms with E-state index in [2.05, 4.69) is 32.2 Å². The van der Waals surface area contributed by atoms with Gasteiger partial charge in [-0.3, -0.25) is 9.78 Å². The minimum Gasteiger partial charge on any atom is -0.422 e. The molecule has 1 aliphatic heterocycles. The maximum atomic E-state index is 13.0. The van der Waals surface area contributed by atoms with E-state index in [1.165, 1.54) is 6.20 Å². The Balaban J connectivity index is 1.43. The number of amides is 1. The van der Waals surface area contributed by atoms with Crippen molar-refractivity contribution in [1.82, 2.24) is 29.5 Å². The number of nitrogens with zero attached hydrogens (tertiary/aromatic N) is 6. The molecule has 4 aromatic rings. The number of fused-ring (bicyclic) bond motifs is 1. The molecule has 0 radical (unpaired) electrons. The quantitative estimate of drug-likeness (QED) is 0.448. The van der Waals surface area contributed by atoms with Crippen molar-refractivity contribution in [1.29, 1.82) is 0 Å². The zero-order chi connectivity index (χ0) is 23.7. The van der Waals surface area contributed by atoms with Crippen LogP contribution >= 0.6 is 0 Å². The Bertz CT molecular complexity index is 1430. The summed E-state index contributed by atoms with van der Waals surface area (Å²) in [5.74, 6) is 0.261. The van der Waals surface area contributed by atoms with Gasteiger partial charge in [0.15, 0.2) is 5.65 Å². The van der Waals surface area contributed by atoms with Gasteiger partial charge in [-0.2, -0.15) is 4.98 Å². The highest BCUT2D eigenvalue weighted by atomic mass is 16.5. The standard InChI is InChI=1S/C24H23N7O3/c1-29-8-10-30(11-9-29)23(32)18-12-17(14-25-15-18)16-4-2-5-19(13-16)27-21-20-6-3-7-26-22(20)31(34)24(33)28-21/h2-7,12-15,34H,8-11H2,1H3,(H,27,28,33). The molecule has 172 valence electrons. The van der Waals surface area contributed by atoms with Gasteiger partial charge in [-0.1, -0.05) is 12.1 Å². The number of hydrogen-bond donors (Lipinski definition) is 2. The average molecular weight is 457 g/mol. The minimum absolute atomic E-state index is 0.0236. The van der Waals surface area contributed by atoms with Crippen LogP contribution < -0.4 is 11.0 Å². The molecule has 1 aliphatic rings. The molecule has 1 fully saturated rings. The highest BCUT2D eigenvalue weighted by molar-refractivity contribution is 5.95. The Morgan fingerprint density at radius 3 is 2.68 bits per heavy atom. The maximum Gasteiger partial charge on any atom is 0.384 e. The predicted molar refractivity (Wildman–Crippen MR) is 127 cm³/mol. The first-order valence-corrected chi connectivity index (χ1v) is 10.9. The number of anilines is 2. The lowest BCUT2D eigenvalue weighted by molar-refractivity contribution is 0.0663. The van der Waals surface area contributed by atoms with Crippen LogP contribution in [-0.4, -0.2) is 73.8 Å². The molecule has 3 aromatic heterocycles. The van der Waals surface area contributed by atoms with Gasteiger partial charge in [0, 0.05) is 56.0 Å². The molecule has 0 spiro atoms. The zero-order valence-corrected chi connectivity index (χ0v) is 18.5. The summed E-state index contributed by atoms with van der Waals surface area (Å²) in [5, 5.41) is 13.6. The summed E-state index contributed by atoms with van der Waals surface area (Å²) in [6.07, 6.45) is 4.80.